The fourth-order valence-corrected chi connectivity index (χ4v) is 10.7. The van der Waals surface area contributed by atoms with E-state index in [0.717, 1.165) is 0 Å². The zero-order valence-corrected chi connectivity index (χ0v) is 22.2. The third-order valence-corrected chi connectivity index (χ3v) is 13.0. The number of para-hydroxylation sites is 1. The minimum absolute atomic E-state index is 0.132. The van der Waals surface area contributed by atoms with Gasteiger partial charge in [0.15, 0.2) is 9.74 Å². The number of carbonyl (C=O) groups is 2. The summed E-state index contributed by atoms with van der Waals surface area (Å²) in [5.41, 5.74) is -0.138. The average molecular weight is 539 g/mol. The van der Waals surface area contributed by atoms with Gasteiger partial charge in [0.25, 0.3) is 21.8 Å². The number of aromatic nitrogens is 1. The van der Waals surface area contributed by atoms with Crippen LogP contribution in [0.5, 0.6) is 0 Å². The summed E-state index contributed by atoms with van der Waals surface area (Å²) in [5.74, 6) is -0.460. The number of piperazine rings is 1. The zero-order chi connectivity index (χ0) is 25.7. The summed E-state index contributed by atoms with van der Waals surface area (Å²) in [6.07, 6.45) is 1.67. The number of nitriles is 1. The maximum atomic E-state index is 14.0. The molecule has 4 aliphatic heterocycles. The Kier molecular flexibility index (Phi) is 4.76. The summed E-state index contributed by atoms with van der Waals surface area (Å²) in [4.78, 5) is 28.4. The van der Waals surface area contributed by atoms with Crippen molar-refractivity contribution in [3.05, 3.63) is 66.4 Å². The first kappa shape index (κ1) is 23.5. The molecule has 4 atom stereocenters. The Balaban J connectivity index is 1.62. The predicted molar refractivity (Wildman–Crippen MR) is 138 cm³/mol. The number of benzene rings is 2. The van der Waals surface area contributed by atoms with Gasteiger partial charge in [-0.05, 0) is 32.0 Å². The van der Waals surface area contributed by atoms with Crippen LogP contribution >= 0.6 is 21.6 Å². The summed E-state index contributed by atoms with van der Waals surface area (Å²) in [6.45, 7) is 3.47. The topological polar surface area (TPSA) is 103 Å². The van der Waals surface area contributed by atoms with Crippen molar-refractivity contribution in [2.75, 3.05) is 7.05 Å². The molecule has 0 radical (unpaired) electrons. The number of amides is 2. The molecule has 1 aromatic heterocycles. The number of nitrogens with zero attached hydrogens (tertiary/aromatic N) is 4. The van der Waals surface area contributed by atoms with Crippen molar-refractivity contribution in [1.82, 2.24) is 13.8 Å². The van der Waals surface area contributed by atoms with Gasteiger partial charge in [0.2, 0.25) is 0 Å². The Morgan fingerprint density at radius 3 is 2.36 bits per heavy atom. The van der Waals surface area contributed by atoms with Crippen LogP contribution in [0.4, 0.5) is 0 Å². The maximum absolute atomic E-state index is 14.0. The Hall–Kier alpha value is -2.94. The molecule has 0 N–H and O–H groups in total. The van der Waals surface area contributed by atoms with Gasteiger partial charge in [-0.15, -0.1) is 0 Å². The van der Waals surface area contributed by atoms with Gasteiger partial charge in [-0.3, -0.25) is 9.59 Å². The standard InChI is InChI=1S/C25H22N4O4S3/c1-23(15-26)14-25-22(31)27(3)24(2,34-35-25)21(30)29(25)20(23)18-13-28(19-12-8-7-11-17(18)19)36(32,33)16-9-5-4-6-10-16/h4-13,20H,14H2,1-3H3. The molecule has 184 valence electrons. The fourth-order valence-electron chi connectivity index (χ4n) is 5.68. The molecule has 5 heterocycles. The van der Waals surface area contributed by atoms with Gasteiger partial charge in [0.1, 0.15) is 0 Å². The molecule has 0 saturated carbocycles. The SMILES string of the molecule is CN1C(=O)C23CC(C)(C#N)C(c4cn(S(=O)(=O)c5ccccc5)c5ccccc45)N2C(=O)C1(C)SS3. The van der Waals surface area contributed by atoms with Gasteiger partial charge in [0, 0.05) is 30.6 Å². The van der Waals surface area contributed by atoms with Crippen LogP contribution in [0.3, 0.4) is 0 Å². The van der Waals surface area contributed by atoms with Gasteiger partial charge in [-0.2, -0.15) is 5.26 Å². The van der Waals surface area contributed by atoms with Crippen LogP contribution in [0.15, 0.2) is 65.7 Å². The van der Waals surface area contributed by atoms with Gasteiger partial charge >= 0.3 is 0 Å². The first-order valence-electron chi connectivity index (χ1n) is 11.3. The minimum Gasteiger partial charge on any atom is -0.319 e. The number of hydrogen-bond donors (Lipinski definition) is 0. The highest BCUT2D eigenvalue weighted by atomic mass is 33.1. The van der Waals surface area contributed by atoms with Crippen LogP contribution < -0.4 is 0 Å². The number of hydrogen-bond acceptors (Lipinski definition) is 7. The van der Waals surface area contributed by atoms with Crippen molar-refractivity contribution in [3.63, 3.8) is 0 Å². The van der Waals surface area contributed by atoms with E-state index in [1.165, 1.54) is 48.8 Å². The van der Waals surface area contributed by atoms with Crippen molar-refractivity contribution in [1.29, 1.82) is 5.26 Å². The molecule has 4 aliphatic rings. The summed E-state index contributed by atoms with van der Waals surface area (Å²) >= 11 is 0. The second-order valence-corrected chi connectivity index (χ2v) is 14.4. The Morgan fingerprint density at radius 2 is 1.67 bits per heavy atom. The highest BCUT2D eigenvalue weighted by Crippen LogP contribution is 2.69. The summed E-state index contributed by atoms with van der Waals surface area (Å²) < 4.78 is 28.6. The molecule has 4 saturated heterocycles. The minimum atomic E-state index is -3.96. The van der Waals surface area contributed by atoms with Crippen LogP contribution in [-0.4, -0.2) is 50.8 Å². The van der Waals surface area contributed by atoms with E-state index in [-0.39, 0.29) is 23.1 Å². The summed E-state index contributed by atoms with van der Waals surface area (Å²) in [6, 6.07) is 16.8. The van der Waals surface area contributed by atoms with Gasteiger partial charge < -0.3 is 9.80 Å². The van der Waals surface area contributed by atoms with Crippen LogP contribution in [-0.2, 0) is 19.6 Å². The van der Waals surface area contributed by atoms with Crippen molar-refractivity contribution in [2.24, 2.45) is 5.41 Å². The highest BCUT2D eigenvalue weighted by Gasteiger charge is 2.75. The zero-order valence-electron chi connectivity index (χ0n) is 19.7. The Morgan fingerprint density at radius 1 is 1.00 bits per heavy atom. The predicted octanol–water partition coefficient (Wildman–Crippen LogP) is 3.96. The number of fused-ring (bicyclic) bond motifs is 3. The molecule has 4 unspecified atom stereocenters. The number of rotatable bonds is 3. The van der Waals surface area contributed by atoms with Crippen LogP contribution in [0, 0.1) is 16.7 Å². The van der Waals surface area contributed by atoms with E-state index in [4.69, 9.17) is 0 Å². The number of carbonyl (C=O) groups excluding carboxylic acids is 2. The molecule has 0 aliphatic carbocycles. The third-order valence-electron chi connectivity index (χ3n) is 7.65. The molecule has 2 bridgehead atoms. The van der Waals surface area contributed by atoms with Gasteiger partial charge in [0.05, 0.1) is 27.9 Å². The van der Waals surface area contributed by atoms with E-state index in [1.807, 2.05) is 0 Å². The van der Waals surface area contributed by atoms with Crippen molar-refractivity contribution >= 4 is 54.3 Å². The van der Waals surface area contributed by atoms with E-state index in [2.05, 4.69) is 6.07 Å². The third kappa shape index (κ3) is 2.69. The van der Waals surface area contributed by atoms with E-state index in [1.54, 1.807) is 68.3 Å². The quantitative estimate of drug-likeness (QED) is 0.465. The van der Waals surface area contributed by atoms with Crippen LogP contribution in [0.2, 0.25) is 0 Å². The lowest BCUT2D eigenvalue weighted by Gasteiger charge is -2.57. The molecule has 4 fully saturated rings. The molecule has 11 heteroatoms. The largest absolute Gasteiger partial charge is 0.319 e. The van der Waals surface area contributed by atoms with E-state index < -0.39 is 31.2 Å². The smallest absolute Gasteiger partial charge is 0.268 e. The van der Waals surface area contributed by atoms with E-state index in [9.17, 15) is 23.3 Å². The van der Waals surface area contributed by atoms with E-state index in [0.29, 0.717) is 16.5 Å². The lowest BCUT2D eigenvalue weighted by atomic mass is 9.79. The highest BCUT2D eigenvalue weighted by molar-refractivity contribution is 8.78. The van der Waals surface area contributed by atoms with Gasteiger partial charge in [-0.25, -0.2) is 12.4 Å². The molecule has 8 nitrogen and oxygen atoms in total. The lowest BCUT2D eigenvalue weighted by Crippen LogP contribution is -2.73. The first-order chi connectivity index (χ1) is 17.0. The average Bonchev–Trinajstić information content (AvgIpc) is 3.39. The van der Waals surface area contributed by atoms with Crippen LogP contribution in [0.1, 0.15) is 31.9 Å². The van der Waals surface area contributed by atoms with Gasteiger partial charge in [-0.1, -0.05) is 58.0 Å². The maximum Gasteiger partial charge on any atom is 0.268 e. The molecular formula is C25H22N4O4S3. The molecule has 7 rings (SSSR count). The molecule has 1 spiro atoms. The van der Waals surface area contributed by atoms with Crippen LogP contribution in [0.25, 0.3) is 10.9 Å². The normalized spacial score (nSPS) is 31.7. The van der Waals surface area contributed by atoms with Crippen molar-refractivity contribution < 1.29 is 18.0 Å². The Labute approximate surface area is 216 Å². The summed E-state index contributed by atoms with van der Waals surface area (Å²) in [7, 11) is 0.339. The lowest BCUT2D eigenvalue weighted by molar-refractivity contribution is -0.164. The fraction of sp³-hybridized carbons (Fsp3) is 0.320. The summed E-state index contributed by atoms with van der Waals surface area (Å²) in [5, 5.41) is 11.0. The Bertz CT molecular complexity index is 1610. The first-order valence-corrected chi connectivity index (χ1v) is 14.9. The second-order valence-electron chi connectivity index (χ2n) is 9.80. The molecule has 2 aromatic carbocycles. The monoisotopic (exact) mass is 538 g/mol. The van der Waals surface area contributed by atoms with E-state index >= 15 is 0 Å². The number of likely N-dealkylation sites (N-methyl/N-ethyl adjacent to an activating group) is 1. The van der Waals surface area contributed by atoms with Crippen molar-refractivity contribution in [3.8, 4) is 6.07 Å². The second kappa shape index (κ2) is 7.31. The molecule has 36 heavy (non-hydrogen) atoms. The van der Waals surface area contributed by atoms with Crippen molar-refractivity contribution in [2.45, 2.75) is 40.9 Å². The molecule has 3 aromatic rings. The molecule has 2 amide bonds. The molecular weight excluding hydrogens is 517 g/mol.